The topological polar surface area (TPSA) is 49.3 Å². The highest BCUT2D eigenvalue weighted by atomic mass is 19.1. The van der Waals surface area contributed by atoms with E-state index in [1.54, 1.807) is 18.2 Å². The number of anilines is 1. The quantitative estimate of drug-likeness (QED) is 0.825. The lowest BCUT2D eigenvalue weighted by Gasteiger charge is -2.31. The first-order valence-corrected chi connectivity index (χ1v) is 6.88. The van der Waals surface area contributed by atoms with Crippen LogP contribution in [0.15, 0.2) is 35.9 Å². The molecule has 0 saturated heterocycles. The van der Waals surface area contributed by atoms with Crippen molar-refractivity contribution in [3.8, 4) is 0 Å². The summed E-state index contributed by atoms with van der Waals surface area (Å²) in [7, 11) is 0. The number of rotatable bonds is 4. The van der Waals surface area contributed by atoms with Crippen molar-refractivity contribution in [1.29, 1.82) is 0 Å². The summed E-state index contributed by atoms with van der Waals surface area (Å²) in [5, 5.41) is 12.3. The predicted octanol–water partition coefficient (Wildman–Crippen LogP) is 3.68. The van der Waals surface area contributed by atoms with Gasteiger partial charge in [-0.25, -0.2) is 9.18 Å². The minimum Gasteiger partial charge on any atom is -0.480 e. The minimum atomic E-state index is -0.930. The van der Waals surface area contributed by atoms with Crippen molar-refractivity contribution < 1.29 is 14.3 Å². The van der Waals surface area contributed by atoms with E-state index in [9.17, 15) is 14.3 Å². The number of benzene rings is 1. The van der Waals surface area contributed by atoms with Crippen molar-refractivity contribution >= 4 is 11.7 Å². The molecule has 0 spiro atoms. The maximum atomic E-state index is 13.7. The molecule has 1 aromatic rings. The molecule has 1 aliphatic rings. The van der Waals surface area contributed by atoms with Gasteiger partial charge in [-0.3, -0.25) is 0 Å². The molecule has 4 heteroatoms. The van der Waals surface area contributed by atoms with Crippen LogP contribution < -0.4 is 5.32 Å². The van der Waals surface area contributed by atoms with Crippen LogP contribution in [-0.2, 0) is 4.79 Å². The maximum Gasteiger partial charge on any atom is 0.326 e. The van der Waals surface area contributed by atoms with Gasteiger partial charge in [0.15, 0.2) is 0 Å². The lowest BCUT2D eigenvalue weighted by Crippen LogP contribution is -2.39. The first kappa shape index (κ1) is 14.6. The standard InChI is InChI=1S/C16H20FNO2/c1-10-7-11(2)9-12(8-10)15(16(19)20)18-14-6-4-3-5-13(14)17/h3-7,10,12,15,18H,8-9H2,1-2H3,(H,19,20). The minimum absolute atomic E-state index is 0.0212. The Balaban J connectivity index is 2.18. The smallest absolute Gasteiger partial charge is 0.326 e. The van der Waals surface area contributed by atoms with E-state index in [1.807, 2.05) is 6.92 Å². The summed E-state index contributed by atoms with van der Waals surface area (Å²) in [6.45, 7) is 4.10. The summed E-state index contributed by atoms with van der Waals surface area (Å²) in [6, 6.07) is 5.42. The highest BCUT2D eigenvalue weighted by Crippen LogP contribution is 2.32. The van der Waals surface area contributed by atoms with Gasteiger partial charge in [-0.05, 0) is 43.7 Å². The summed E-state index contributed by atoms with van der Waals surface area (Å²) in [4.78, 5) is 11.5. The van der Waals surface area contributed by atoms with Gasteiger partial charge in [0.1, 0.15) is 11.9 Å². The molecule has 2 N–H and O–H groups in total. The van der Waals surface area contributed by atoms with Gasteiger partial charge in [0.05, 0.1) is 5.69 Å². The van der Waals surface area contributed by atoms with Crippen molar-refractivity contribution in [3.63, 3.8) is 0 Å². The Morgan fingerprint density at radius 2 is 2.15 bits per heavy atom. The van der Waals surface area contributed by atoms with E-state index in [0.29, 0.717) is 5.92 Å². The summed E-state index contributed by atoms with van der Waals surface area (Å²) >= 11 is 0. The summed E-state index contributed by atoms with van der Waals surface area (Å²) in [6.07, 6.45) is 3.72. The molecule has 0 amide bonds. The number of hydrogen-bond acceptors (Lipinski definition) is 2. The third-order valence-corrected chi connectivity index (χ3v) is 3.75. The fraction of sp³-hybridized carbons (Fsp3) is 0.438. The van der Waals surface area contributed by atoms with Crippen LogP contribution in [0.25, 0.3) is 0 Å². The molecule has 20 heavy (non-hydrogen) atoms. The second kappa shape index (κ2) is 6.07. The van der Waals surface area contributed by atoms with E-state index < -0.39 is 17.8 Å². The molecule has 3 unspecified atom stereocenters. The number of nitrogens with one attached hydrogen (secondary N) is 1. The molecule has 3 atom stereocenters. The van der Waals surface area contributed by atoms with Crippen molar-refractivity contribution in [2.24, 2.45) is 11.8 Å². The Bertz CT molecular complexity index is 527. The number of carboxylic acids is 1. The summed E-state index contributed by atoms with van der Waals surface area (Å²) in [5.41, 5.74) is 1.45. The molecule has 3 nitrogen and oxygen atoms in total. The Morgan fingerprint density at radius 3 is 2.75 bits per heavy atom. The van der Waals surface area contributed by atoms with E-state index in [1.165, 1.54) is 11.6 Å². The molecule has 0 fully saturated rings. The molecule has 0 aromatic heterocycles. The Hall–Kier alpha value is -1.84. The fourth-order valence-electron chi connectivity index (χ4n) is 2.98. The Morgan fingerprint density at radius 1 is 1.45 bits per heavy atom. The zero-order valence-electron chi connectivity index (χ0n) is 11.8. The van der Waals surface area contributed by atoms with E-state index in [2.05, 4.69) is 18.3 Å². The first-order valence-electron chi connectivity index (χ1n) is 6.88. The molecular formula is C16H20FNO2. The molecule has 2 rings (SSSR count). The summed E-state index contributed by atoms with van der Waals surface area (Å²) < 4.78 is 13.7. The average Bonchev–Trinajstić information content (AvgIpc) is 2.36. The van der Waals surface area contributed by atoms with Gasteiger partial charge in [0.25, 0.3) is 0 Å². The van der Waals surface area contributed by atoms with Gasteiger partial charge in [-0.2, -0.15) is 0 Å². The number of para-hydroxylation sites is 1. The lowest BCUT2D eigenvalue weighted by molar-refractivity contribution is -0.139. The van der Waals surface area contributed by atoms with Crippen molar-refractivity contribution in [2.75, 3.05) is 5.32 Å². The zero-order valence-corrected chi connectivity index (χ0v) is 11.8. The molecule has 0 saturated carbocycles. The first-order chi connectivity index (χ1) is 9.47. The number of carboxylic acid groups (broad SMARTS) is 1. The number of hydrogen-bond donors (Lipinski definition) is 2. The Kier molecular flexibility index (Phi) is 4.42. The normalized spacial score (nSPS) is 23.9. The van der Waals surface area contributed by atoms with E-state index in [0.717, 1.165) is 12.8 Å². The SMILES string of the molecule is CC1=CC(C)CC(C(Nc2ccccc2F)C(=O)O)C1. The molecule has 1 aliphatic carbocycles. The van der Waals surface area contributed by atoms with Crippen LogP contribution in [0.5, 0.6) is 0 Å². The van der Waals surface area contributed by atoms with Gasteiger partial charge < -0.3 is 10.4 Å². The van der Waals surface area contributed by atoms with Crippen molar-refractivity contribution in [1.82, 2.24) is 0 Å². The largest absolute Gasteiger partial charge is 0.480 e. The fourth-order valence-corrected chi connectivity index (χ4v) is 2.98. The Labute approximate surface area is 118 Å². The zero-order chi connectivity index (χ0) is 14.7. The van der Waals surface area contributed by atoms with Crippen molar-refractivity contribution in [2.45, 2.75) is 32.7 Å². The second-order valence-corrected chi connectivity index (χ2v) is 5.63. The highest BCUT2D eigenvalue weighted by molar-refractivity contribution is 5.78. The second-order valence-electron chi connectivity index (χ2n) is 5.63. The van der Waals surface area contributed by atoms with E-state index in [4.69, 9.17) is 0 Å². The van der Waals surface area contributed by atoms with Gasteiger partial charge in [-0.1, -0.05) is 30.7 Å². The number of halogens is 1. The lowest BCUT2D eigenvalue weighted by atomic mass is 9.79. The molecule has 108 valence electrons. The molecule has 0 aliphatic heterocycles. The average molecular weight is 277 g/mol. The third kappa shape index (κ3) is 3.38. The number of allylic oxidation sites excluding steroid dienone is 2. The maximum absolute atomic E-state index is 13.7. The molecule has 1 aromatic carbocycles. The van der Waals surface area contributed by atoms with E-state index in [-0.39, 0.29) is 11.6 Å². The molecule has 0 bridgehead atoms. The number of carbonyl (C=O) groups is 1. The molecular weight excluding hydrogens is 257 g/mol. The predicted molar refractivity (Wildman–Crippen MR) is 77.1 cm³/mol. The molecule has 0 heterocycles. The highest BCUT2D eigenvalue weighted by Gasteiger charge is 2.31. The van der Waals surface area contributed by atoms with Gasteiger partial charge in [0.2, 0.25) is 0 Å². The van der Waals surface area contributed by atoms with Crippen LogP contribution in [0.2, 0.25) is 0 Å². The van der Waals surface area contributed by atoms with Crippen LogP contribution in [0, 0.1) is 17.7 Å². The van der Waals surface area contributed by atoms with Gasteiger partial charge >= 0.3 is 5.97 Å². The van der Waals surface area contributed by atoms with Crippen LogP contribution in [0.4, 0.5) is 10.1 Å². The van der Waals surface area contributed by atoms with Crippen LogP contribution in [0.3, 0.4) is 0 Å². The third-order valence-electron chi connectivity index (χ3n) is 3.75. The van der Waals surface area contributed by atoms with Crippen LogP contribution in [0.1, 0.15) is 26.7 Å². The monoisotopic (exact) mass is 277 g/mol. The molecule has 0 radical (unpaired) electrons. The van der Waals surface area contributed by atoms with Crippen LogP contribution >= 0.6 is 0 Å². The van der Waals surface area contributed by atoms with Gasteiger partial charge in [-0.15, -0.1) is 0 Å². The number of aliphatic carboxylic acids is 1. The summed E-state index contributed by atoms with van der Waals surface area (Å²) in [5.74, 6) is -1.01. The van der Waals surface area contributed by atoms with Gasteiger partial charge in [0, 0.05) is 0 Å². The van der Waals surface area contributed by atoms with Crippen LogP contribution in [-0.4, -0.2) is 17.1 Å². The van der Waals surface area contributed by atoms with Crippen molar-refractivity contribution in [3.05, 3.63) is 41.7 Å². The van der Waals surface area contributed by atoms with E-state index >= 15 is 0 Å².